The maximum absolute atomic E-state index is 12.8. The standard InChI is InChI=1S/C19H18ClF3N2O2S/c1-11(2)10-27-14-6-3-12(4-7-14)17(26)25-18(28)24-16-9-13(19(21,22)23)5-8-15(16)20/h3-9,11H,10H2,1-2H3,(H2,24,25,26,28). The van der Waals surface area contributed by atoms with Gasteiger partial charge in [0.15, 0.2) is 5.11 Å². The first-order chi connectivity index (χ1) is 13.1. The molecule has 0 saturated carbocycles. The second kappa shape index (κ2) is 9.25. The van der Waals surface area contributed by atoms with E-state index in [0.717, 1.165) is 18.2 Å². The lowest BCUT2D eigenvalue weighted by atomic mass is 10.2. The first kappa shape index (κ1) is 22.0. The molecule has 1 amide bonds. The maximum atomic E-state index is 12.8. The van der Waals surface area contributed by atoms with Gasteiger partial charge in [0, 0.05) is 5.56 Å². The van der Waals surface area contributed by atoms with Crippen LogP contribution in [0.3, 0.4) is 0 Å². The van der Waals surface area contributed by atoms with Gasteiger partial charge in [-0.25, -0.2) is 0 Å². The van der Waals surface area contributed by atoms with Crippen molar-refractivity contribution < 1.29 is 22.7 Å². The zero-order valence-electron chi connectivity index (χ0n) is 15.1. The zero-order chi connectivity index (χ0) is 20.9. The highest BCUT2D eigenvalue weighted by Crippen LogP contribution is 2.33. The van der Waals surface area contributed by atoms with Crippen molar-refractivity contribution >= 4 is 40.5 Å². The van der Waals surface area contributed by atoms with Crippen molar-refractivity contribution in [1.29, 1.82) is 0 Å². The van der Waals surface area contributed by atoms with Crippen LogP contribution in [0.2, 0.25) is 5.02 Å². The van der Waals surface area contributed by atoms with E-state index < -0.39 is 17.6 Å². The van der Waals surface area contributed by atoms with Crippen molar-refractivity contribution in [2.45, 2.75) is 20.0 Å². The molecule has 0 radical (unpaired) electrons. The summed E-state index contributed by atoms with van der Waals surface area (Å²) >= 11 is 10.9. The van der Waals surface area contributed by atoms with Crippen LogP contribution in [-0.2, 0) is 6.18 Å². The van der Waals surface area contributed by atoms with Gasteiger partial charge in [-0.2, -0.15) is 13.2 Å². The number of rotatable bonds is 5. The highest BCUT2D eigenvalue weighted by molar-refractivity contribution is 7.80. The highest BCUT2D eigenvalue weighted by atomic mass is 35.5. The normalized spacial score (nSPS) is 11.2. The number of hydrogen-bond acceptors (Lipinski definition) is 3. The summed E-state index contributed by atoms with van der Waals surface area (Å²) in [5, 5.41) is 4.77. The fourth-order valence-corrected chi connectivity index (χ4v) is 2.46. The summed E-state index contributed by atoms with van der Waals surface area (Å²) in [6.07, 6.45) is -4.52. The minimum absolute atomic E-state index is 0.0382. The van der Waals surface area contributed by atoms with Crippen LogP contribution in [0.15, 0.2) is 42.5 Å². The average Bonchev–Trinajstić information content (AvgIpc) is 2.61. The number of nitrogens with one attached hydrogen (secondary N) is 2. The van der Waals surface area contributed by atoms with Crippen LogP contribution >= 0.6 is 23.8 Å². The molecule has 2 rings (SSSR count). The smallest absolute Gasteiger partial charge is 0.416 e. The van der Waals surface area contributed by atoms with Gasteiger partial charge < -0.3 is 10.1 Å². The molecule has 0 aliphatic rings. The van der Waals surface area contributed by atoms with Gasteiger partial charge in [-0.15, -0.1) is 0 Å². The van der Waals surface area contributed by atoms with E-state index in [-0.39, 0.29) is 15.8 Å². The summed E-state index contributed by atoms with van der Waals surface area (Å²) in [5.74, 6) is 0.479. The first-order valence-corrected chi connectivity index (χ1v) is 9.07. The molecule has 2 aromatic carbocycles. The molecule has 150 valence electrons. The SMILES string of the molecule is CC(C)COc1ccc(C(=O)NC(=S)Nc2cc(C(F)(F)F)ccc2Cl)cc1. The maximum Gasteiger partial charge on any atom is 0.416 e. The third-order valence-electron chi connectivity index (χ3n) is 3.47. The molecular weight excluding hydrogens is 413 g/mol. The monoisotopic (exact) mass is 430 g/mol. The van der Waals surface area contributed by atoms with Crippen LogP contribution in [-0.4, -0.2) is 17.6 Å². The quantitative estimate of drug-likeness (QED) is 0.613. The van der Waals surface area contributed by atoms with E-state index in [1.807, 2.05) is 13.8 Å². The predicted octanol–water partition coefficient (Wildman–Crippen LogP) is 5.52. The number of carbonyl (C=O) groups is 1. The van der Waals surface area contributed by atoms with Crippen molar-refractivity contribution in [3.05, 3.63) is 58.6 Å². The first-order valence-electron chi connectivity index (χ1n) is 8.28. The van der Waals surface area contributed by atoms with Gasteiger partial charge in [0.1, 0.15) is 5.75 Å². The summed E-state index contributed by atoms with van der Waals surface area (Å²) in [4.78, 5) is 12.2. The molecule has 28 heavy (non-hydrogen) atoms. The summed E-state index contributed by atoms with van der Waals surface area (Å²) in [6, 6.07) is 9.21. The van der Waals surface area contributed by atoms with Gasteiger partial charge in [-0.3, -0.25) is 10.1 Å². The topological polar surface area (TPSA) is 50.4 Å². The number of alkyl halides is 3. The minimum Gasteiger partial charge on any atom is -0.493 e. The Balaban J connectivity index is 2.00. The van der Waals surface area contributed by atoms with Crippen molar-refractivity contribution in [3.63, 3.8) is 0 Å². The molecule has 0 saturated heterocycles. The third kappa shape index (κ3) is 6.38. The van der Waals surface area contributed by atoms with E-state index in [1.54, 1.807) is 24.3 Å². The number of ether oxygens (including phenoxy) is 1. The number of hydrogen-bond donors (Lipinski definition) is 2. The van der Waals surface area contributed by atoms with Gasteiger partial charge >= 0.3 is 6.18 Å². The fraction of sp³-hybridized carbons (Fsp3) is 0.263. The van der Waals surface area contributed by atoms with Crippen molar-refractivity contribution in [2.24, 2.45) is 5.92 Å². The number of amides is 1. The molecule has 0 unspecified atom stereocenters. The van der Waals surface area contributed by atoms with E-state index in [0.29, 0.717) is 23.8 Å². The molecule has 0 bridgehead atoms. The molecule has 0 aliphatic carbocycles. The molecule has 0 aromatic heterocycles. The molecule has 2 aromatic rings. The van der Waals surface area contributed by atoms with Crippen LogP contribution in [0.5, 0.6) is 5.75 Å². The molecule has 9 heteroatoms. The summed E-state index contributed by atoms with van der Waals surface area (Å²) < 4.78 is 44.0. The van der Waals surface area contributed by atoms with Crippen molar-refractivity contribution in [1.82, 2.24) is 5.32 Å². The summed E-state index contributed by atoms with van der Waals surface area (Å²) in [6.45, 7) is 4.59. The van der Waals surface area contributed by atoms with E-state index in [2.05, 4.69) is 10.6 Å². The van der Waals surface area contributed by atoms with Crippen molar-refractivity contribution in [2.75, 3.05) is 11.9 Å². The van der Waals surface area contributed by atoms with E-state index in [4.69, 9.17) is 28.6 Å². The Morgan fingerprint density at radius 3 is 2.39 bits per heavy atom. The number of carbonyl (C=O) groups excluding carboxylic acids is 1. The van der Waals surface area contributed by atoms with Crippen LogP contribution in [0.25, 0.3) is 0 Å². The van der Waals surface area contributed by atoms with Crippen LogP contribution in [0.1, 0.15) is 29.8 Å². The second-order valence-electron chi connectivity index (χ2n) is 6.33. The largest absolute Gasteiger partial charge is 0.493 e. The lowest BCUT2D eigenvalue weighted by Crippen LogP contribution is -2.34. The van der Waals surface area contributed by atoms with E-state index >= 15 is 0 Å². The zero-order valence-corrected chi connectivity index (χ0v) is 16.6. The number of halogens is 4. The predicted molar refractivity (Wildman–Crippen MR) is 107 cm³/mol. The van der Waals surface area contributed by atoms with Crippen LogP contribution < -0.4 is 15.4 Å². The van der Waals surface area contributed by atoms with Gasteiger partial charge in [0.2, 0.25) is 0 Å². The fourth-order valence-electron chi connectivity index (χ4n) is 2.09. The Morgan fingerprint density at radius 1 is 1.18 bits per heavy atom. The van der Waals surface area contributed by atoms with Gasteiger partial charge in [-0.1, -0.05) is 25.4 Å². The van der Waals surface area contributed by atoms with Gasteiger partial charge in [0.25, 0.3) is 5.91 Å². The third-order valence-corrected chi connectivity index (χ3v) is 4.00. The van der Waals surface area contributed by atoms with Crippen molar-refractivity contribution in [3.8, 4) is 5.75 Å². The van der Waals surface area contributed by atoms with E-state index in [9.17, 15) is 18.0 Å². The minimum atomic E-state index is -4.52. The molecule has 0 heterocycles. The number of benzene rings is 2. The van der Waals surface area contributed by atoms with Gasteiger partial charge in [0.05, 0.1) is 22.9 Å². The Hall–Kier alpha value is -2.32. The highest BCUT2D eigenvalue weighted by Gasteiger charge is 2.31. The van der Waals surface area contributed by atoms with Gasteiger partial charge in [-0.05, 0) is 60.6 Å². The Morgan fingerprint density at radius 2 is 1.82 bits per heavy atom. The van der Waals surface area contributed by atoms with Crippen LogP contribution in [0, 0.1) is 5.92 Å². The lowest BCUT2D eigenvalue weighted by molar-refractivity contribution is -0.137. The molecule has 2 N–H and O–H groups in total. The van der Waals surface area contributed by atoms with Crippen LogP contribution in [0.4, 0.5) is 18.9 Å². The molecule has 4 nitrogen and oxygen atoms in total. The molecule has 0 fully saturated rings. The number of anilines is 1. The Labute approximate surface area is 171 Å². The molecular formula is C19H18ClF3N2O2S. The summed E-state index contributed by atoms with van der Waals surface area (Å²) in [7, 11) is 0. The molecule has 0 spiro atoms. The Kier molecular flexibility index (Phi) is 7.26. The number of thiocarbonyl (C=S) groups is 1. The second-order valence-corrected chi connectivity index (χ2v) is 7.15. The van der Waals surface area contributed by atoms with E-state index in [1.165, 1.54) is 0 Å². The Bertz CT molecular complexity index is 855. The molecule has 0 atom stereocenters. The molecule has 0 aliphatic heterocycles. The average molecular weight is 431 g/mol. The lowest BCUT2D eigenvalue weighted by Gasteiger charge is -2.14. The summed E-state index contributed by atoms with van der Waals surface area (Å²) in [5.41, 5.74) is -0.624.